The topological polar surface area (TPSA) is 29.5 Å². The van der Waals surface area contributed by atoms with Crippen molar-refractivity contribution in [3.05, 3.63) is 12.7 Å². The number of nitrogens with zero attached hydrogens (tertiary/aromatic N) is 1. The minimum Gasteiger partial charge on any atom is -0.468 e. The second-order valence-electron chi connectivity index (χ2n) is 3.75. The van der Waals surface area contributed by atoms with Gasteiger partial charge < -0.3 is 4.74 Å². The summed E-state index contributed by atoms with van der Waals surface area (Å²) < 4.78 is 4.80. The molecule has 0 spiro atoms. The summed E-state index contributed by atoms with van der Waals surface area (Å²) in [4.78, 5) is 13.7. The van der Waals surface area contributed by atoms with Gasteiger partial charge in [-0.3, -0.25) is 9.69 Å². The predicted octanol–water partition coefficient (Wildman–Crippen LogP) is 1.59. The highest BCUT2D eigenvalue weighted by Crippen LogP contribution is 2.20. The van der Waals surface area contributed by atoms with Crippen molar-refractivity contribution in [3.8, 4) is 0 Å². The third kappa shape index (κ3) is 2.35. The van der Waals surface area contributed by atoms with E-state index in [4.69, 9.17) is 4.74 Å². The van der Waals surface area contributed by atoms with Gasteiger partial charge in [0.15, 0.2) is 0 Å². The van der Waals surface area contributed by atoms with Gasteiger partial charge in [-0.1, -0.05) is 12.5 Å². The molecule has 0 saturated carbocycles. The molecule has 0 aromatic rings. The summed E-state index contributed by atoms with van der Waals surface area (Å²) in [5, 5.41) is 0. The van der Waals surface area contributed by atoms with E-state index in [0.717, 1.165) is 25.8 Å². The number of carbonyl (C=O) groups excluding carboxylic acids is 1. The van der Waals surface area contributed by atoms with E-state index in [9.17, 15) is 4.79 Å². The Morgan fingerprint density at radius 2 is 2.36 bits per heavy atom. The lowest BCUT2D eigenvalue weighted by Gasteiger charge is -2.36. The third-order valence-electron chi connectivity index (χ3n) is 2.88. The molecule has 1 rings (SSSR count). The van der Waals surface area contributed by atoms with Gasteiger partial charge in [-0.2, -0.15) is 0 Å². The molecule has 1 unspecified atom stereocenters. The molecule has 0 N–H and O–H groups in total. The van der Waals surface area contributed by atoms with E-state index in [1.54, 1.807) is 0 Å². The number of carbonyl (C=O) groups is 1. The van der Waals surface area contributed by atoms with Crippen LogP contribution in [0.15, 0.2) is 12.7 Å². The number of hydrogen-bond acceptors (Lipinski definition) is 3. The molecule has 0 aromatic heterocycles. The highest BCUT2D eigenvalue weighted by Gasteiger charge is 2.31. The summed E-state index contributed by atoms with van der Waals surface area (Å²) in [6.07, 6.45) is 5.05. The Morgan fingerprint density at radius 1 is 1.64 bits per heavy atom. The van der Waals surface area contributed by atoms with Crippen molar-refractivity contribution >= 4 is 5.97 Å². The molecular formula is C11H19NO2. The minimum atomic E-state index is -0.113. The second kappa shape index (κ2) is 5.15. The number of methoxy groups -OCH3 is 1. The Morgan fingerprint density at radius 3 is 2.93 bits per heavy atom. The monoisotopic (exact) mass is 197 g/mol. The summed E-state index contributed by atoms with van der Waals surface area (Å²) in [5.41, 5.74) is 0. The molecular weight excluding hydrogens is 178 g/mol. The number of piperidine rings is 1. The Kier molecular flexibility index (Phi) is 4.14. The van der Waals surface area contributed by atoms with E-state index in [1.165, 1.54) is 7.11 Å². The average Bonchev–Trinajstić information content (AvgIpc) is 2.27. The van der Waals surface area contributed by atoms with Crippen LogP contribution in [0.4, 0.5) is 0 Å². The van der Waals surface area contributed by atoms with Gasteiger partial charge in [0, 0.05) is 6.04 Å². The predicted molar refractivity (Wildman–Crippen MR) is 56.0 cm³/mol. The molecule has 0 aromatic carbocycles. The lowest BCUT2D eigenvalue weighted by molar-refractivity contribution is -0.148. The van der Waals surface area contributed by atoms with Crippen molar-refractivity contribution in [2.75, 3.05) is 13.7 Å². The first-order valence-electron chi connectivity index (χ1n) is 5.16. The van der Waals surface area contributed by atoms with Crippen molar-refractivity contribution < 1.29 is 9.53 Å². The van der Waals surface area contributed by atoms with Crippen LogP contribution in [-0.4, -0.2) is 36.6 Å². The van der Waals surface area contributed by atoms with E-state index in [2.05, 4.69) is 18.4 Å². The van der Waals surface area contributed by atoms with Gasteiger partial charge in [-0.15, -0.1) is 6.58 Å². The number of ether oxygens (including phenoxy) is 1. The zero-order chi connectivity index (χ0) is 10.6. The average molecular weight is 197 g/mol. The molecule has 14 heavy (non-hydrogen) atoms. The molecule has 1 aliphatic heterocycles. The maximum absolute atomic E-state index is 11.5. The van der Waals surface area contributed by atoms with Crippen LogP contribution in [0.5, 0.6) is 0 Å². The van der Waals surface area contributed by atoms with E-state index >= 15 is 0 Å². The lowest BCUT2D eigenvalue weighted by atomic mass is 10.0. The van der Waals surface area contributed by atoms with Gasteiger partial charge in [-0.25, -0.2) is 0 Å². The highest BCUT2D eigenvalue weighted by molar-refractivity contribution is 5.75. The molecule has 3 heteroatoms. The molecule has 1 saturated heterocycles. The maximum Gasteiger partial charge on any atom is 0.323 e. The SMILES string of the molecule is C=CC(C)N1CCCC[C@@H]1C(=O)OC. The first-order chi connectivity index (χ1) is 6.70. The molecule has 1 aliphatic rings. The third-order valence-corrected chi connectivity index (χ3v) is 2.88. The van der Waals surface area contributed by atoms with Gasteiger partial charge in [0.1, 0.15) is 6.04 Å². The fourth-order valence-electron chi connectivity index (χ4n) is 1.97. The minimum absolute atomic E-state index is 0.0678. The van der Waals surface area contributed by atoms with Gasteiger partial charge in [0.05, 0.1) is 7.11 Å². The van der Waals surface area contributed by atoms with Crippen molar-refractivity contribution in [1.29, 1.82) is 0 Å². The van der Waals surface area contributed by atoms with E-state index in [-0.39, 0.29) is 18.1 Å². The number of hydrogen-bond donors (Lipinski definition) is 0. The Hall–Kier alpha value is -0.830. The highest BCUT2D eigenvalue weighted by atomic mass is 16.5. The molecule has 1 heterocycles. The van der Waals surface area contributed by atoms with Crippen LogP contribution in [0, 0.1) is 0 Å². The van der Waals surface area contributed by atoms with Crippen LogP contribution >= 0.6 is 0 Å². The first kappa shape index (κ1) is 11.2. The van der Waals surface area contributed by atoms with Crippen LogP contribution in [0.3, 0.4) is 0 Å². The zero-order valence-electron chi connectivity index (χ0n) is 9.03. The van der Waals surface area contributed by atoms with Crippen LogP contribution < -0.4 is 0 Å². The van der Waals surface area contributed by atoms with Gasteiger partial charge in [-0.05, 0) is 26.3 Å². The van der Waals surface area contributed by atoms with Gasteiger partial charge in [0.2, 0.25) is 0 Å². The van der Waals surface area contributed by atoms with Crippen LogP contribution in [0.2, 0.25) is 0 Å². The zero-order valence-corrected chi connectivity index (χ0v) is 9.03. The summed E-state index contributed by atoms with van der Waals surface area (Å²) >= 11 is 0. The van der Waals surface area contributed by atoms with Gasteiger partial charge in [0.25, 0.3) is 0 Å². The Balaban J connectivity index is 2.67. The molecule has 0 bridgehead atoms. The molecule has 2 atom stereocenters. The fourth-order valence-corrected chi connectivity index (χ4v) is 1.97. The van der Waals surface area contributed by atoms with Crippen LogP contribution in [0.25, 0.3) is 0 Å². The summed E-state index contributed by atoms with van der Waals surface area (Å²) in [7, 11) is 1.45. The van der Waals surface area contributed by atoms with Crippen LogP contribution in [-0.2, 0) is 9.53 Å². The lowest BCUT2D eigenvalue weighted by Crippen LogP contribution is -2.48. The number of esters is 1. The summed E-state index contributed by atoms with van der Waals surface area (Å²) in [6.45, 7) is 6.79. The summed E-state index contributed by atoms with van der Waals surface area (Å²) in [6, 6.07) is 0.182. The standard InChI is InChI=1S/C11H19NO2/c1-4-9(2)12-8-6-5-7-10(12)11(13)14-3/h4,9-10H,1,5-8H2,2-3H3/t9?,10-/m1/s1. The van der Waals surface area contributed by atoms with Crippen molar-refractivity contribution in [3.63, 3.8) is 0 Å². The van der Waals surface area contributed by atoms with Crippen molar-refractivity contribution in [2.24, 2.45) is 0 Å². The normalized spacial score (nSPS) is 25.4. The molecule has 80 valence electrons. The molecule has 0 amide bonds. The second-order valence-corrected chi connectivity index (χ2v) is 3.75. The number of rotatable bonds is 3. The fraction of sp³-hybridized carbons (Fsp3) is 0.727. The van der Waals surface area contributed by atoms with E-state index in [0.29, 0.717) is 0 Å². The van der Waals surface area contributed by atoms with E-state index < -0.39 is 0 Å². The quantitative estimate of drug-likeness (QED) is 0.508. The Labute approximate surface area is 85.7 Å². The molecule has 1 fully saturated rings. The van der Waals surface area contributed by atoms with E-state index in [1.807, 2.05) is 6.08 Å². The van der Waals surface area contributed by atoms with Crippen molar-refractivity contribution in [1.82, 2.24) is 4.90 Å². The molecule has 3 nitrogen and oxygen atoms in total. The smallest absolute Gasteiger partial charge is 0.323 e. The number of likely N-dealkylation sites (tertiary alicyclic amines) is 1. The summed E-state index contributed by atoms with van der Waals surface area (Å²) in [5.74, 6) is -0.113. The van der Waals surface area contributed by atoms with Crippen molar-refractivity contribution in [2.45, 2.75) is 38.3 Å². The molecule has 0 radical (unpaired) electrons. The maximum atomic E-state index is 11.5. The molecule has 0 aliphatic carbocycles. The van der Waals surface area contributed by atoms with Crippen LogP contribution in [0.1, 0.15) is 26.2 Å². The largest absolute Gasteiger partial charge is 0.468 e. The van der Waals surface area contributed by atoms with Gasteiger partial charge >= 0.3 is 5.97 Å². The first-order valence-corrected chi connectivity index (χ1v) is 5.16. The Bertz CT molecular complexity index is 215.